The van der Waals surface area contributed by atoms with Crippen LogP contribution >= 0.6 is 0 Å². The standard InChI is InChI=1S/C11H18N4O5/c1-14(6-9(18)13-3-4-16)11(20)7-15(2)10(19)5-12-8-17/h4,8H,3,5-7H2,1-2H3,(H,12,17)(H,13,18). The van der Waals surface area contributed by atoms with Gasteiger partial charge < -0.3 is 25.2 Å². The number of carbonyl (C=O) groups excluding carboxylic acids is 5. The summed E-state index contributed by atoms with van der Waals surface area (Å²) in [4.78, 5) is 56.8. The van der Waals surface area contributed by atoms with Crippen molar-refractivity contribution in [1.29, 1.82) is 0 Å². The maximum Gasteiger partial charge on any atom is 0.242 e. The third-order valence-electron chi connectivity index (χ3n) is 2.32. The molecule has 0 aliphatic rings. The molecule has 0 spiro atoms. The van der Waals surface area contributed by atoms with Gasteiger partial charge in [-0.25, -0.2) is 0 Å². The van der Waals surface area contributed by atoms with Crippen LogP contribution in [0.3, 0.4) is 0 Å². The summed E-state index contributed by atoms with van der Waals surface area (Å²) in [6, 6.07) is 0. The van der Waals surface area contributed by atoms with Gasteiger partial charge in [0.05, 0.1) is 26.2 Å². The molecule has 0 unspecified atom stereocenters. The molecule has 0 aliphatic carbocycles. The Kier molecular flexibility index (Phi) is 8.32. The molecule has 9 heteroatoms. The fourth-order valence-electron chi connectivity index (χ4n) is 1.19. The van der Waals surface area contributed by atoms with Gasteiger partial charge in [0.2, 0.25) is 24.1 Å². The van der Waals surface area contributed by atoms with E-state index in [0.29, 0.717) is 12.7 Å². The zero-order valence-corrected chi connectivity index (χ0v) is 11.4. The van der Waals surface area contributed by atoms with E-state index < -0.39 is 17.7 Å². The van der Waals surface area contributed by atoms with Crippen LogP contribution in [0.15, 0.2) is 0 Å². The summed E-state index contributed by atoms with van der Waals surface area (Å²) in [5, 5.41) is 4.48. The smallest absolute Gasteiger partial charge is 0.242 e. The van der Waals surface area contributed by atoms with Gasteiger partial charge in [-0.2, -0.15) is 0 Å². The molecule has 0 aromatic carbocycles. The van der Waals surface area contributed by atoms with Crippen LogP contribution in [0.2, 0.25) is 0 Å². The van der Waals surface area contributed by atoms with Crippen molar-refractivity contribution in [3.05, 3.63) is 0 Å². The van der Waals surface area contributed by atoms with E-state index >= 15 is 0 Å². The second kappa shape index (κ2) is 9.48. The lowest BCUT2D eigenvalue weighted by Crippen LogP contribution is -2.45. The molecule has 0 radical (unpaired) electrons. The fraction of sp³-hybridized carbons (Fsp3) is 0.545. The molecular formula is C11H18N4O5. The first-order valence-corrected chi connectivity index (χ1v) is 5.77. The minimum absolute atomic E-state index is 0.114. The number of likely N-dealkylation sites (N-methyl/N-ethyl adjacent to an activating group) is 2. The summed E-state index contributed by atoms with van der Waals surface area (Å²) in [7, 11) is 2.82. The molecule has 0 atom stereocenters. The predicted molar refractivity (Wildman–Crippen MR) is 68.4 cm³/mol. The van der Waals surface area contributed by atoms with Gasteiger partial charge in [0, 0.05) is 14.1 Å². The van der Waals surface area contributed by atoms with E-state index in [1.807, 2.05) is 0 Å². The molecule has 0 heterocycles. The summed E-state index contributed by atoms with van der Waals surface area (Å²) < 4.78 is 0. The molecule has 4 amide bonds. The maximum atomic E-state index is 11.7. The summed E-state index contributed by atoms with van der Waals surface area (Å²) in [5.41, 5.74) is 0. The highest BCUT2D eigenvalue weighted by Gasteiger charge is 2.17. The van der Waals surface area contributed by atoms with Crippen LogP contribution < -0.4 is 10.6 Å². The van der Waals surface area contributed by atoms with Crippen LogP contribution in [0, 0.1) is 0 Å². The molecule has 9 nitrogen and oxygen atoms in total. The van der Waals surface area contributed by atoms with Crippen LogP contribution in [0.25, 0.3) is 0 Å². The second-order valence-electron chi connectivity index (χ2n) is 3.97. The van der Waals surface area contributed by atoms with E-state index in [-0.39, 0.29) is 26.2 Å². The highest BCUT2D eigenvalue weighted by atomic mass is 16.2. The van der Waals surface area contributed by atoms with Crippen molar-refractivity contribution < 1.29 is 24.0 Å². The van der Waals surface area contributed by atoms with Crippen LogP contribution in [0.5, 0.6) is 0 Å². The van der Waals surface area contributed by atoms with E-state index in [0.717, 1.165) is 9.80 Å². The second-order valence-corrected chi connectivity index (χ2v) is 3.97. The number of amides is 4. The SMILES string of the molecule is CN(CC(=O)NCC=O)C(=O)CN(C)C(=O)CNC=O. The Bertz CT molecular complexity index is 385. The third-order valence-corrected chi connectivity index (χ3v) is 2.32. The summed E-state index contributed by atoms with van der Waals surface area (Å²) in [6.45, 7) is -0.731. The number of hydrogen-bond acceptors (Lipinski definition) is 5. The average molecular weight is 286 g/mol. The van der Waals surface area contributed by atoms with Crippen molar-refractivity contribution in [2.45, 2.75) is 0 Å². The van der Waals surface area contributed by atoms with Crippen molar-refractivity contribution in [3.63, 3.8) is 0 Å². The molecule has 0 aromatic heterocycles. The Morgan fingerprint density at radius 2 is 1.60 bits per heavy atom. The molecule has 0 aromatic rings. The summed E-state index contributed by atoms with van der Waals surface area (Å²) in [5.74, 6) is -1.33. The van der Waals surface area contributed by atoms with Crippen LogP contribution in [0.4, 0.5) is 0 Å². The highest BCUT2D eigenvalue weighted by molar-refractivity contribution is 5.89. The Balaban J connectivity index is 4.17. The van der Waals surface area contributed by atoms with Crippen molar-refractivity contribution in [3.8, 4) is 0 Å². The zero-order chi connectivity index (χ0) is 15.5. The number of nitrogens with one attached hydrogen (secondary N) is 2. The number of nitrogens with zero attached hydrogens (tertiary/aromatic N) is 2. The van der Waals surface area contributed by atoms with Gasteiger partial charge in [-0.3, -0.25) is 19.2 Å². The number of carbonyl (C=O) groups is 5. The number of rotatable bonds is 9. The van der Waals surface area contributed by atoms with Crippen LogP contribution in [0.1, 0.15) is 0 Å². The molecule has 112 valence electrons. The first-order valence-electron chi connectivity index (χ1n) is 5.77. The molecule has 0 saturated heterocycles. The molecular weight excluding hydrogens is 268 g/mol. The van der Waals surface area contributed by atoms with E-state index in [4.69, 9.17) is 0 Å². The van der Waals surface area contributed by atoms with Crippen molar-refractivity contribution in [1.82, 2.24) is 20.4 Å². The topological polar surface area (TPSA) is 116 Å². The first-order chi connectivity index (χ1) is 9.42. The monoisotopic (exact) mass is 286 g/mol. The lowest BCUT2D eigenvalue weighted by molar-refractivity contribution is -0.140. The fourth-order valence-corrected chi connectivity index (χ4v) is 1.19. The minimum atomic E-state index is -0.468. The average Bonchev–Trinajstić information content (AvgIpc) is 2.41. The molecule has 0 aliphatic heterocycles. The van der Waals surface area contributed by atoms with Crippen molar-refractivity contribution in [2.24, 2.45) is 0 Å². The Morgan fingerprint density at radius 1 is 1.00 bits per heavy atom. The Labute approximate surface area is 116 Å². The van der Waals surface area contributed by atoms with Gasteiger partial charge in [-0.05, 0) is 0 Å². The normalized spacial score (nSPS) is 9.30. The van der Waals surface area contributed by atoms with Gasteiger partial charge >= 0.3 is 0 Å². The molecule has 0 saturated carbocycles. The Hall–Kier alpha value is -2.45. The van der Waals surface area contributed by atoms with Gasteiger partial charge in [0.1, 0.15) is 6.29 Å². The highest BCUT2D eigenvalue weighted by Crippen LogP contribution is 1.90. The van der Waals surface area contributed by atoms with Crippen molar-refractivity contribution in [2.75, 3.05) is 40.3 Å². The molecule has 0 bridgehead atoms. The van der Waals surface area contributed by atoms with Gasteiger partial charge in [0.25, 0.3) is 0 Å². The quantitative estimate of drug-likeness (QED) is 0.437. The maximum absolute atomic E-state index is 11.7. The number of hydrogen-bond donors (Lipinski definition) is 2. The van der Waals surface area contributed by atoms with Crippen LogP contribution in [-0.2, 0) is 24.0 Å². The van der Waals surface area contributed by atoms with E-state index in [1.54, 1.807) is 0 Å². The molecule has 0 fully saturated rings. The largest absolute Gasteiger partial charge is 0.350 e. The molecule has 20 heavy (non-hydrogen) atoms. The molecule has 2 N–H and O–H groups in total. The minimum Gasteiger partial charge on any atom is -0.350 e. The number of aldehydes is 1. The van der Waals surface area contributed by atoms with E-state index in [9.17, 15) is 24.0 Å². The zero-order valence-electron chi connectivity index (χ0n) is 11.4. The van der Waals surface area contributed by atoms with Gasteiger partial charge in [-0.1, -0.05) is 0 Å². The van der Waals surface area contributed by atoms with E-state index in [2.05, 4.69) is 10.6 Å². The van der Waals surface area contributed by atoms with Crippen LogP contribution in [-0.4, -0.2) is 80.5 Å². The van der Waals surface area contributed by atoms with Gasteiger partial charge in [0.15, 0.2) is 0 Å². The summed E-state index contributed by atoms with van der Waals surface area (Å²) in [6.07, 6.45) is 0.920. The first kappa shape index (κ1) is 17.6. The third kappa shape index (κ3) is 7.09. The lowest BCUT2D eigenvalue weighted by Gasteiger charge is -2.21. The lowest BCUT2D eigenvalue weighted by atomic mass is 10.4. The van der Waals surface area contributed by atoms with Gasteiger partial charge in [-0.15, -0.1) is 0 Å². The summed E-state index contributed by atoms with van der Waals surface area (Å²) >= 11 is 0. The van der Waals surface area contributed by atoms with E-state index in [1.165, 1.54) is 14.1 Å². The van der Waals surface area contributed by atoms with Crippen molar-refractivity contribution >= 4 is 30.4 Å². The Morgan fingerprint density at radius 3 is 2.15 bits per heavy atom. The predicted octanol–water partition coefficient (Wildman–Crippen LogP) is -3.04. The molecule has 0 rings (SSSR count).